The van der Waals surface area contributed by atoms with E-state index in [9.17, 15) is 13.6 Å². The van der Waals surface area contributed by atoms with Gasteiger partial charge in [0, 0.05) is 3.57 Å². The number of halogens is 3. The molecule has 0 aromatic carbocycles. The number of nitriles is 1. The smallest absolute Gasteiger partial charge is 0.338 e. The summed E-state index contributed by atoms with van der Waals surface area (Å²) in [6.07, 6.45) is -2.83. The van der Waals surface area contributed by atoms with Gasteiger partial charge in [-0.05, 0) is 28.7 Å². The maximum absolute atomic E-state index is 12.4. The Morgan fingerprint density at radius 3 is 2.67 bits per heavy atom. The zero-order chi connectivity index (χ0) is 11.6. The Kier molecular flexibility index (Phi) is 3.52. The standard InChI is InChI=1S/C8H3F2IN2O2/c9-7(10)6-4(11)1-3(8(14)15)5(2-12)13-6/h1,7H,(H,14,15). The van der Waals surface area contributed by atoms with E-state index >= 15 is 0 Å². The molecule has 15 heavy (non-hydrogen) atoms. The summed E-state index contributed by atoms with van der Waals surface area (Å²) >= 11 is 1.55. The van der Waals surface area contributed by atoms with Gasteiger partial charge in [-0.25, -0.2) is 18.6 Å². The first kappa shape index (κ1) is 11.8. The molecule has 0 spiro atoms. The number of carboxylic acid groups (broad SMARTS) is 1. The van der Waals surface area contributed by atoms with Crippen LogP contribution in [0.3, 0.4) is 0 Å². The normalized spacial score (nSPS) is 10.1. The van der Waals surface area contributed by atoms with Crippen LogP contribution in [0.2, 0.25) is 0 Å². The Labute approximate surface area is 96.7 Å². The first-order valence-corrected chi connectivity index (χ1v) is 4.67. The molecule has 1 heterocycles. The third-order valence-corrected chi connectivity index (χ3v) is 2.41. The quantitative estimate of drug-likeness (QED) is 0.847. The number of rotatable bonds is 2. The fourth-order valence-electron chi connectivity index (χ4n) is 0.904. The molecular weight excluding hydrogens is 321 g/mol. The van der Waals surface area contributed by atoms with Gasteiger partial charge in [0.25, 0.3) is 6.43 Å². The number of aromatic carboxylic acids is 1. The number of aromatic nitrogens is 1. The highest BCUT2D eigenvalue weighted by atomic mass is 127. The van der Waals surface area contributed by atoms with E-state index in [1.165, 1.54) is 6.07 Å². The van der Waals surface area contributed by atoms with Crippen molar-refractivity contribution in [1.29, 1.82) is 5.26 Å². The summed E-state index contributed by atoms with van der Waals surface area (Å²) in [5.74, 6) is -1.36. The van der Waals surface area contributed by atoms with Gasteiger partial charge in [-0.1, -0.05) is 0 Å². The van der Waals surface area contributed by atoms with Gasteiger partial charge in [-0.2, -0.15) is 5.26 Å². The zero-order valence-electron chi connectivity index (χ0n) is 7.04. The number of hydrogen-bond donors (Lipinski definition) is 1. The second-order valence-corrected chi connectivity index (χ2v) is 3.63. The minimum atomic E-state index is -2.83. The fraction of sp³-hybridized carbons (Fsp3) is 0.125. The first-order valence-electron chi connectivity index (χ1n) is 3.59. The lowest BCUT2D eigenvalue weighted by molar-refractivity contribution is 0.0695. The molecule has 0 atom stereocenters. The van der Waals surface area contributed by atoms with E-state index in [1.807, 2.05) is 0 Å². The Morgan fingerprint density at radius 1 is 1.67 bits per heavy atom. The molecule has 0 saturated heterocycles. The van der Waals surface area contributed by atoms with Crippen LogP contribution in [0, 0.1) is 14.9 Å². The zero-order valence-corrected chi connectivity index (χ0v) is 9.20. The van der Waals surface area contributed by atoms with Crippen molar-refractivity contribution < 1.29 is 18.7 Å². The number of alkyl halides is 2. The maximum Gasteiger partial charge on any atom is 0.338 e. The van der Waals surface area contributed by atoms with Crippen LogP contribution >= 0.6 is 22.6 Å². The lowest BCUT2D eigenvalue weighted by atomic mass is 10.2. The number of carbonyl (C=O) groups is 1. The van der Waals surface area contributed by atoms with Crippen LogP contribution in [-0.4, -0.2) is 16.1 Å². The van der Waals surface area contributed by atoms with Crippen molar-refractivity contribution in [1.82, 2.24) is 4.98 Å². The van der Waals surface area contributed by atoms with Crippen molar-refractivity contribution in [3.05, 3.63) is 26.6 Å². The molecule has 0 aliphatic heterocycles. The molecule has 0 aliphatic carbocycles. The van der Waals surface area contributed by atoms with E-state index in [0.717, 1.165) is 6.07 Å². The van der Waals surface area contributed by atoms with Gasteiger partial charge in [-0.3, -0.25) is 0 Å². The lowest BCUT2D eigenvalue weighted by Crippen LogP contribution is -2.07. The van der Waals surface area contributed by atoms with Crippen molar-refractivity contribution in [2.24, 2.45) is 0 Å². The molecule has 0 aliphatic rings. The molecule has 1 aromatic rings. The third-order valence-electron chi connectivity index (χ3n) is 1.55. The van der Waals surface area contributed by atoms with E-state index < -0.39 is 23.8 Å². The molecule has 0 unspecified atom stereocenters. The molecule has 0 saturated carbocycles. The van der Waals surface area contributed by atoms with Crippen LogP contribution in [0.1, 0.15) is 28.2 Å². The van der Waals surface area contributed by atoms with E-state index in [-0.39, 0.29) is 9.13 Å². The molecule has 7 heteroatoms. The summed E-state index contributed by atoms with van der Waals surface area (Å²) < 4.78 is 24.7. The number of nitrogens with zero attached hydrogens (tertiary/aromatic N) is 2. The fourth-order valence-corrected chi connectivity index (χ4v) is 1.57. The summed E-state index contributed by atoms with van der Waals surface area (Å²) in [5, 5.41) is 17.2. The Morgan fingerprint density at radius 2 is 2.27 bits per heavy atom. The summed E-state index contributed by atoms with van der Waals surface area (Å²) in [4.78, 5) is 13.9. The van der Waals surface area contributed by atoms with Crippen molar-refractivity contribution in [2.45, 2.75) is 6.43 Å². The molecule has 0 bridgehead atoms. The Balaban J connectivity index is 3.44. The SMILES string of the molecule is N#Cc1nc(C(F)F)c(I)cc1C(=O)O. The van der Waals surface area contributed by atoms with Crippen molar-refractivity contribution in [3.8, 4) is 6.07 Å². The van der Waals surface area contributed by atoms with Crippen molar-refractivity contribution in [2.75, 3.05) is 0 Å². The molecule has 1 aromatic heterocycles. The van der Waals surface area contributed by atoms with Gasteiger partial charge < -0.3 is 5.11 Å². The van der Waals surface area contributed by atoms with Crippen molar-refractivity contribution in [3.63, 3.8) is 0 Å². The Bertz CT molecular complexity index is 457. The van der Waals surface area contributed by atoms with Crippen LogP contribution in [0.15, 0.2) is 6.07 Å². The van der Waals surface area contributed by atoms with Gasteiger partial charge in [0.2, 0.25) is 0 Å². The van der Waals surface area contributed by atoms with E-state index in [2.05, 4.69) is 4.98 Å². The average Bonchev–Trinajstić information content (AvgIpc) is 2.16. The van der Waals surface area contributed by atoms with Crippen LogP contribution in [0.25, 0.3) is 0 Å². The van der Waals surface area contributed by atoms with Gasteiger partial charge in [0.05, 0.1) is 5.56 Å². The molecule has 0 radical (unpaired) electrons. The van der Waals surface area contributed by atoms with Gasteiger partial charge in [-0.15, -0.1) is 0 Å². The van der Waals surface area contributed by atoms with Crippen LogP contribution in [-0.2, 0) is 0 Å². The van der Waals surface area contributed by atoms with Gasteiger partial charge in [0.1, 0.15) is 11.8 Å². The molecule has 78 valence electrons. The van der Waals surface area contributed by atoms with Crippen LogP contribution in [0.4, 0.5) is 8.78 Å². The third kappa shape index (κ3) is 2.38. The second-order valence-electron chi connectivity index (χ2n) is 2.47. The second kappa shape index (κ2) is 4.48. The molecular formula is C8H3F2IN2O2. The molecule has 1 N–H and O–H groups in total. The summed E-state index contributed by atoms with van der Waals surface area (Å²) in [6.45, 7) is 0. The minimum Gasteiger partial charge on any atom is -0.478 e. The highest BCUT2D eigenvalue weighted by molar-refractivity contribution is 14.1. The predicted molar refractivity (Wildman–Crippen MR) is 53.6 cm³/mol. The number of pyridine rings is 1. The lowest BCUT2D eigenvalue weighted by Gasteiger charge is -2.04. The van der Waals surface area contributed by atoms with E-state index in [0.29, 0.717) is 0 Å². The molecule has 1 rings (SSSR count). The minimum absolute atomic E-state index is 0.0269. The highest BCUT2D eigenvalue weighted by Gasteiger charge is 2.20. The first-order chi connectivity index (χ1) is 6.97. The molecule has 4 nitrogen and oxygen atoms in total. The summed E-state index contributed by atoms with van der Waals surface area (Å²) in [6, 6.07) is 2.48. The number of carboxylic acids is 1. The summed E-state index contributed by atoms with van der Waals surface area (Å²) in [5.41, 5.74) is -1.44. The monoisotopic (exact) mass is 324 g/mol. The highest BCUT2D eigenvalue weighted by Crippen LogP contribution is 2.24. The Hall–Kier alpha value is -1.30. The van der Waals surface area contributed by atoms with E-state index in [4.69, 9.17) is 10.4 Å². The largest absolute Gasteiger partial charge is 0.478 e. The topological polar surface area (TPSA) is 74.0 Å². The predicted octanol–water partition coefficient (Wildman–Crippen LogP) is 2.19. The van der Waals surface area contributed by atoms with Crippen LogP contribution < -0.4 is 0 Å². The maximum atomic E-state index is 12.4. The van der Waals surface area contributed by atoms with Crippen molar-refractivity contribution >= 4 is 28.6 Å². The van der Waals surface area contributed by atoms with Crippen LogP contribution in [0.5, 0.6) is 0 Å². The molecule has 0 fully saturated rings. The van der Waals surface area contributed by atoms with Gasteiger partial charge in [0.15, 0.2) is 5.69 Å². The molecule has 0 amide bonds. The van der Waals surface area contributed by atoms with Gasteiger partial charge >= 0.3 is 5.97 Å². The number of hydrogen-bond acceptors (Lipinski definition) is 3. The average molecular weight is 324 g/mol. The summed E-state index contributed by atoms with van der Waals surface area (Å²) in [7, 11) is 0. The van der Waals surface area contributed by atoms with E-state index in [1.54, 1.807) is 22.6 Å².